The Morgan fingerprint density at radius 1 is 0.893 bits per heavy atom. The van der Waals surface area contributed by atoms with E-state index in [-0.39, 0.29) is 6.09 Å². The fourth-order valence-electron chi connectivity index (χ4n) is 3.31. The Kier molecular flexibility index (Phi) is 11.1. The van der Waals surface area contributed by atoms with Crippen molar-refractivity contribution >= 4 is 6.09 Å². The van der Waals surface area contributed by atoms with Crippen LogP contribution in [0.15, 0.2) is 30.3 Å². The first-order valence-corrected chi connectivity index (χ1v) is 10.5. The highest BCUT2D eigenvalue weighted by molar-refractivity contribution is 5.67. The number of unbranched alkanes of at least 4 members (excludes halogenated alkanes) is 1. The minimum atomic E-state index is -0.342. The lowest BCUT2D eigenvalue weighted by Gasteiger charge is -2.33. The third-order valence-electron chi connectivity index (χ3n) is 5.17. The van der Waals surface area contributed by atoms with Gasteiger partial charge < -0.3 is 24.8 Å². The topological polar surface area (TPSA) is 64.3 Å². The molecule has 6 heteroatoms. The Bertz CT molecular complexity index is 547. The highest BCUT2D eigenvalue weighted by atomic mass is 16.5. The van der Waals surface area contributed by atoms with E-state index in [1.54, 1.807) is 0 Å². The number of quaternary nitrogens is 2. The van der Waals surface area contributed by atoms with Gasteiger partial charge in [0.1, 0.15) is 6.61 Å². The van der Waals surface area contributed by atoms with E-state index in [1.165, 1.54) is 25.9 Å². The highest BCUT2D eigenvalue weighted by Gasteiger charge is 2.19. The summed E-state index contributed by atoms with van der Waals surface area (Å²) in [6.45, 7) is 6.33. The molecule has 1 aromatic rings. The second-order valence-corrected chi connectivity index (χ2v) is 8.96. The zero-order valence-electron chi connectivity index (χ0n) is 18.5. The van der Waals surface area contributed by atoms with Crippen LogP contribution < -0.4 is 11.1 Å². The molecule has 0 aliphatic rings. The SMILES string of the molecule is C[N+](C)(CCCCN)CCC[N+](C)(C)CCCNC(=O)OCc1ccccc1. The Morgan fingerprint density at radius 2 is 1.46 bits per heavy atom. The first kappa shape index (κ1) is 24.4. The largest absolute Gasteiger partial charge is 0.445 e. The van der Waals surface area contributed by atoms with Crippen molar-refractivity contribution in [3.8, 4) is 0 Å². The van der Waals surface area contributed by atoms with Crippen molar-refractivity contribution in [3.05, 3.63) is 35.9 Å². The van der Waals surface area contributed by atoms with Gasteiger partial charge in [0.05, 0.1) is 54.4 Å². The molecule has 28 heavy (non-hydrogen) atoms. The van der Waals surface area contributed by atoms with Crippen molar-refractivity contribution in [2.24, 2.45) is 5.73 Å². The number of nitrogens with two attached hydrogens (primary N) is 1. The molecule has 0 atom stereocenters. The summed E-state index contributed by atoms with van der Waals surface area (Å²) in [6.07, 6.45) is 4.13. The van der Waals surface area contributed by atoms with Gasteiger partial charge in [0.25, 0.3) is 0 Å². The first-order valence-electron chi connectivity index (χ1n) is 10.5. The van der Waals surface area contributed by atoms with Crippen molar-refractivity contribution in [1.29, 1.82) is 0 Å². The van der Waals surface area contributed by atoms with Crippen LogP contribution in [0, 0.1) is 0 Å². The van der Waals surface area contributed by atoms with Crippen LogP contribution in [0.5, 0.6) is 0 Å². The molecular weight excluding hydrogens is 352 g/mol. The van der Waals surface area contributed by atoms with Crippen LogP contribution >= 0.6 is 0 Å². The molecule has 0 spiro atoms. The van der Waals surface area contributed by atoms with Crippen LogP contribution in [-0.4, -0.2) is 82.5 Å². The number of carbonyl (C=O) groups is 1. The van der Waals surface area contributed by atoms with Crippen LogP contribution in [0.25, 0.3) is 0 Å². The summed E-state index contributed by atoms with van der Waals surface area (Å²) in [7, 11) is 9.15. The van der Waals surface area contributed by atoms with Gasteiger partial charge in [0.15, 0.2) is 0 Å². The summed E-state index contributed by atoms with van der Waals surface area (Å²) in [5.74, 6) is 0. The number of ether oxygens (including phenoxy) is 1. The van der Waals surface area contributed by atoms with Crippen LogP contribution in [0.4, 0.5) is 4.79 Å². The normalized spacial score (nSPS) is 12.0. The molecule has 0 fully saturated rings. The molecule has 3 N–H and O–H groups in total. The molecule has 1 rings (SSSR count). The summed E-state index contributed by atoms with van der Waals surface area (Å²) in [5, 5.41) is 2.85. The lowest BCUT2D eigenvalue weighted by atomic mass is 10.2. The molecule has 0 aliphatic heterocycles. The second-order valence-electron chi connectivity index (χ2n) is 8.96. The molecule has 1 amide bonds. The standard InChI is InChI=1S/C22H41N4O2/c1-25(2,16-9-8-14-23)18-11-19-26(3,4)17-10-15-24-22(27)28-20-21-12-6-5-7-13-21/h5-7,12-13H,8-11,14-20,23H2,1-4H3/q+1/p+1. The van der Waals surface area contributed by atoms with Crippen molar-refractivity contribution < 1.29 is 18.5 Å². The monoisotopic (exact) mass is 394 g/mol. The average Bonchev–Trinajstić information content (AvgIpc) is 2.64. The molecule has 6 nitrogen and oxygen atoms in total. The number of carbonyl (C=O) groups excluding carboxylic acids is 1. The molecule has 0 radical (unpaired) electrons. The number of nitrogens with one attached hydrogen (secondary N) is 1. The summed E-state index contributed by atoms with van der Waals surface area (Å²) in [5.41, 5.74) is 6.59. The lowest BCUT2D eigenvalue weighted by molar-refractivity contribution is -0.909. The van der Waals surface area contributed by atoms with Gasteiger partial charge in [-0.2, -0.15) is 0 Å². The molecule has 0 aliphatic carbocycles. The molecule has 0 bridgehead atoms. The minimum Gasteiger partial charge on any atom is -0.445 e. The fourth-order valence-corrected chi connectivity index (χ4v) is 3.31. The molecule has 0 unspecified atom stereocenters. The minimum absolute atomic E-state index is 0.313. The highest BCUT2D eigenvalue weighted by Crippen LogP contribution is 2.07. The Balaban J connectivity index is 2.13. The first-order chi connectivity index (χ1) is 13.2. The number of hydrogen-bond donors (Lipinski definition) is 2. The smallest absolute Gasteiger partial charge is 0.407 e. The lowest BCUT2D eigenvalue weighted by Crippen LogP contribution is -2.46. The Morgan fingerprint density at radius 3 is 2.07 bits per heavy atom. The van der Waals surface area contributed by atoms with Gasteiger partial charge in [-0.05, 0) is 24.9 Å². The predicted octanol–water partition coefficient (Wildman–Crippen LogP) is 2.58. The van der Waals surface area contributed by atoms with Gasteiger partial charge in [-0.1, -0.05) is 30.3 Å². The van der Waals surface area contributed by atoms with Crippen LogP contribution in [-0.2, 0) is 11.3 Å². The number of amides is 1. The Labute approximate surface area is 171 Å². The zero-order chi connectivity index (χ0) is 20.9. The maximum Gasteiger partial charge on any atom is 0.407 e. The van der Waals surface area contributed by atoms with Crippen molar-refractivity contribution in [1.82, 2.24) is 5.32 Å². The number of alkyl carbamates (subject to hydrolysis) is 1. The van der Waals surface area contributed by atoms with Crippen molar-refractivity contribution in [2.45, 2.75) is 32.3 Å². The van der Waals surface area contributed by atoms with Gasteiger partial charge in [-0.15, -0.1) is 0 Å². The molecule has 0 heterocycles. The van der Waals surface area contributed by atoms with Crippen molar-refractivity contribution in [2.75, 3.05) is 67.5 Å². The van der Waals surface area contributed by atoms with E-state index in [9.17, 15) is 4.79 Å². The number of nitrogens with zero attached hydrogens (tertiary/aromatic N) is 2. The Hall–Kier alpha value is -1.63. The molecule has 0 aromatic heterocycles. The third-order valence-corrected chi connectivity index (χ3v) is 5.17. The number of benzene rings is 1. The molecule has 0 saturated carbocycles. The number of rotatable bonds is 14. The van der Waals surface area contributed by atoms with E-state index in [2.05, 4.69) is 33.5 Å². The summed E-state index contributed by atoms with van der Waals surface area (Å²) in [6, 6.07) is 9.73. The van der Waals surface area contributed by atoms with Gasteiger partial charge in [-0.3, -0.25) is 0 Å². The number of hydrogen-bond acceptors (Lipinski definition) is 3. The predicted molar refractivity (Wildman–Crippen MR) is 116 cm³/mol. The van der Waals surface area contributed by atoms with Gasteiger partial charge >= 0.3 is 6.09 Å². The molecule has 0 saturated heterocycles. The van der Waals surface area contributed by atoms with Crippen LogP contribution in [0.1, 0.15) is 31.2 Å². The summed E-state index contributed by atoms with van der Waals surface area (Å²) < 4.78 is 7.28. The van der Waals surface area contributed by atoms with Crippen molar-refractivity contribution in [3.63, 3.8) is 0 Å². The summed E-state index contributed by atoms with van der Waals surface area (Å²) in [4.78, 5) is 11.8. The summed E-state index contributed by atoms with van der Waals surface area (Å²) >= 11 is 0. The molecular formula is C22H42N4O2+2. The van der Waals surface area contributed by atoms with E-state index in [0.29, 0.717) is 13.2 Å². The van der Waals surface area contributed by atoms with E-state index in [4.69, 9.17) is 10.5 Å². The van der Waals surface area contributed by atoms with E-state index < -0.39 is 0 Å². The second kappa shape index (κ2) is 12.8. The quantitative estimate of drug-likeness (QED) is 0.377. The molecule has 1 aromatic carbocycles. The van der Waals surface area contributed by atoms with E-state index >= 15 is 0 Å². The van der Waals surface area contributed by atoms with E-state index in [1.807, 2.05) is 30.3 Å². The zero-order valence-corrected chi connectivity index (χ0v) is 18.5. The van der Waals surface area contributed by atoms with E-state index in [0.717, 1.165) is 47.0 Å². The fraction of sp³-hybridized carbons (Fsp3) is 0.682. The molecule has 160 valence electrons. The van der Waals surface area contributed by atoms with Gasteiger partial charge in [0, 0.05) is 19.4 Å². The average molecular weight is 395 g/mol. The maximum atomic E-state index is 11.8. The maximum absolute atomic E-state index is 11.8. The van der Waals surface area contributed by atoms with Gasteiger partial charge in [-0.25, -0.2) is 4.79 Å². The van der Waals surface area contributed by atoms with Crippen LogP contribution in [0.3, 0.4) is 0 Å². The van der Waals surface area contributed by atoms with Gasteiger partial charge in [0.2, 0.25) is 0 Å². The third kappa shape index (κ3) is 12.0. The van der Waals surface area contributed by atoms with Crippen LogP contribution in [0.2, 0.25) is 0 Å².